The lowest BCUT2D eigenvalue weighted by Gasteiger charge is -2.21. The molecule has 3 rings (SSSR count). The molecule has 0 saturated heterocycles. The van der Waals surface area contributed by atoms with Gasteiger partial charge in [0.1, 0.15) is 5.56 Å². The minimum atomic E-state index is -0.584. The minimum Gasteiger partial charge on any atom is -0.309 e. The van der Waals surface area contributed by atoms with Crippen molar-refractivity contribution in [1.82, 2.24) is 9.88 Å². The molecule has 0 fully saturated rings. The van der Waals surface area contributed by atoms with E-state index >= 15 is 0 Å². The molecule has 0 unspecified atom stereocenters. The molecule has 0 spiro atoms. The van der Waals surface area contributed by atoms with Crippen molar-refractivity contribution in [3.63, 3.8) is 0 Å². The number of hydrogen-bond donors (Lipinski definition) is 0. The third kappa shape index (κ3) is 5.59. The number of aromatic nitrogens is 1. The molecule has 160 valence electrons. The molecule has 3 aromatic rings. The lowest BCUT2D eigenvalue weighted by molar-refractivity contribution is -0.385. The molecule has 7 nitrogen and oxygen atoms in total. The van der Waals surface area contributed by atoms with Gasteiger partial charge in [0.15, 0.2) is 5.13 Å². The average molecular weight is 490 g/mol. The quantitative estimate of drug-likeness (QED) is 0.322. The molecule has 2 aromatic carbocycles. The fourth-order valence-electron chi connectivity index (χ4n) is 2.82. The van der Waals surface area contributed by atoms with Gasteiger partial charge in [0, 0.05) is 22.7 Å². The molecule has 0 aliphatic rings. The number of nitro groups is 1. The van der Waals surface area contributed by atoms with Crippen LogP contribution >= 0.6 is 46.9 Å². The number of hydrogen-bond acceptors (Lipinski definition) is 6. The zero-order chi connectivity index (χ0) is 21.1. The van der Waals surface area contributed by atoms with Crippen LogP contribution in [0.25, 0.3) is 10.2 Å². The SMILES string of the molecule is CN(C)CCCN(C(=O)c1cc(Cl)ccc1[N+](=O)[O-])c1nc2ccc(Cl)cc2s1.Cl. The summed E-state index contributed by atoms with van der Waals surface area (Å²) in [4.78, 5) is 32.2. The van der Waals surface area contributed by atoms with Gasteiger partial charge in [0.05, 0.1) is 15.1 Å². The van der Waals surface area contributed by atoms with E-state index in [1.165, 1.54) is 34.4 Å². The molecule has 0 saturated carbocycles. The Morgan fingerprint density at radius 1 is 1.13 bits per heavy atom. The van der Waals surface area contributed by atoms with E-state index in [-0.39, 0.29) is 28.7 Å². The van der Waals surface area contributed by atoms with Crippen LogP contribution in [0.1, 0.15) is 16.8 Å². The van der Waals surface area contributed by atoms with Crippen molar-refractivity contribution >= 4 is 73.9 Å². The van der Waals surface area contributed by atoms with Crippen LogP contribution in [0.15, 0.2) is 36.4 Å². The van der Waals surface area contributed by atoms with Crippen molar-refractivity contribution in [2.45, 2.75) is 6.42 Å². The highest BCUT2D eigenvalue weighted by molar-refractivity contribution is 7.22. The molecule has 1 aromatic heterocycles. The van der Waals surface area contributed by atoms with Gasteiger partial charge in [-0.3, -0.25) is 19.8 Å². The lowest BCUT2D eigenvalue weighted by Crippen LogP contribution is -2.33. The number of thiazole rings is 1. The maximum Gasteiger partial charge on any atom is 0.282 e. The number of carbonyl (C=O) groups excluding carboxylic acids is 1. The van der Waals surface area contributed by atoms with Gasteiger partial charge in [-0.1, -0.05) is 34.5 Å². The topological polar surface area (TPSA) is 79.6 Å². The first-order chi connectivity index (χ1) is 13.8. The van der Waals surface area contributed by atoms with Gasteiger partial charge >= 0.3 is 0 Å². The van der Waals surface area contributed by atoms with E-state index in [0.29, 0.717) is 28.6 Å². The smallest absolute Gasteiger partial charge is 0.282 e. The van der Waals surface area contributed by atoms with Gasteiger partial charge < -0.3 is 4.90 Å². The molecular formula is C19H19Cl3N4O3S. The Labute approximate surface area is 193 Å². The molecule has 0 aliphatic carbocycles. The molecule has 11 heteroatoms. The molecule has 0 bridgehead atoms. The molecular weight excluding hydrogens is 471 g/mol. The lowest BCUT2D eigenvalue weighted by atomic mass is 10.1. The Hall–Kier alpha value is -1.97. The van der Waals surface area contributed by atoms with Crippen LogP contribution in [0, 0.1) is 10.1 Å². The van der Waals surface area contributed by atoms with E-state index in [9.17, 15) is 14.9 Å². The summed E-state index contributed by atoms with van der Waals surface area (Å²) in [7, 11) is 3.88. The third-order valence-corrected chi connectivity index (χ3v) is 5.70. The standard InChI is InChI=1S/C19H18Cl2N4O3S.ClH/c1-23(2)8-3-9-24(19-22-15-6-4-13(21)11-17(15)29-19)18(26)14-10-12(20)5-7-16(14)25(27)28;/h4-7,10-11H,3,8-9H2,1-2H3;1H. The summed E-state index contributed by atoms with van der Waals surface area (Å²) in [6, 6.07) is 9.25. The summed E-state index contributed by atoms with van der Waals surface area (Å²) in [5, 5.41) is 12.7. The van der Waals surface area contributed by atoms with Crippen LogP contribution in [-0.2, 0) is 0 Å². The molecule has 30 heavy (non-hydrogen) atoms. The Morgan fingerprint density at radius 2 is 1.80 bits per heavy atom. The minimum absolute atomic E-state index is 0. The largest absolute Gasteiger partial charge is 0.309 e. The summed E-state index contributed by atoms with van der Waals surface area (Å²) in [6.45, 7) is 1.10. The average Bonchev–Trinajstić information content (AvgIpc) is 3.06. The van der Waals surface area contributed by atoms with E-state index in [4.69, 9.17) is 23.2 Å². The summed E-state index contributed by atoms with van der Waals surface area (Å²) in [5.74, 6) is -0.511. The molecule has 0 atom stereocenters. The first-order valence-corrected chi connectivity index (χ1v) is 10.3. The summed E-state index contributed by atoms with van der Waals surface area (Å²) in [6.07, 6.45) is 0.670. The van der Waals surface area contributed by atoms with Crippen molar-refractivity contribution in [2.24, 2.45) is 0 Å². The second kappa shape index (κ2) is 10.4. The van der Waals surface area contributed by atoms with Crippen LogP contribution in [0.5, 0.6) is 0 Å². The fraction of sp³-hybridized carbons (Fsp3) is 0.263. The van der Waals surface area contributed by atoms with Crippen molar-refractivity contribution in [3.8, 4) is 0 Å². The van der Waals surface area contributed by atoms with E-state index < -0.39 is 10.8 Å². The molecule has 0 N–H and O–H groups in total. The van der Waals surface area contributed by atoms with Crippen LogP contribution in [0.3, 0.4) is 0 Å². The highest BCUT2D eigenvalue weighted by Crippen LogP contribution is 2.33. The zero-order valence-corrected chi connectivity index (χ0v) is 19.3. The Morgan fingerprint density at radius 3 is 2.47 bits per heavy atom. The Kier molecular flexibility index (Phi) is 8.40. The monoisotopic (exact) mass is 488 g/mol. The molecule has 1 heterocycles. The third-order valence-electron chi connectivity index (χ3n) is 4.19. The number of fused-ring (bicyclic) bond motifs is 1. The number of amides is 1. The van der Waals surface area contributed by atoms with Crippen molar-refractivity contribution < 1.29 is 9.72 Å². The van der Waals surface area contributed by atoms with Crippen molar-refractivity contribution in [3.05, 3.63) is 62.1 Å². The van der Waals surface area contributed by atoms with Gasteiger partial charge in [-0.25, -0.2) is 4.98 Å². The van der Waals surface area contributed by atoms with Gasteiger partial charge in [-0.05, 0) is 57.4 Å². The van der Waals surface area contributed by atoms with E-state index in [0.717, 1.165) is 11.2 Å². The van der Waals surface area contributed by atoms with Gasteiger partial charge in [0.2, 0.25) is 0 Å². The van der Waals surface area contributed by atoms with Crippen molar-refractivity contribution in [1.29, 1.82) is 0 Å². The first-order valence-electron chi connectivity index (χ1n) is 8.73. The predicted octanol–water partition coefficient (Wildman–Crippen LogP) is 5.53. The van der Waals surface area contributed by atoms with Crippen LogP contribution in [-0.4, -0.2) is 47.9 Å². The normalized spacial score (nSPS) is 10.8. The van der Waals surface area contributed by atoms with Gasteiger partial charge in [0.25, 0.3) is 11.6 Å². The zero-order valence-electron chi connectivity index (χ0n) is 16.2. The van der Waals surface area contributed by atoms with Crippen molar-refractivity contribution in [2.75, 3.05) is 32.1 Å². The maximum absolute atomic E-state index is 13.3. The summed E-state index contributed by atoms with van der Waals surface area (Å²) < 4.78 is 0.832. The number of nitrogens with zero attached hydrogens (tertiary/aromatic N) is 4. The second-order valence-electron chi connectivity index (χ2n) is 6.64. The highest BCUT2D eigenvalue weighted by atomic mass is 35.5. The maximum atomic E-state index is 13.3. The van der Waals surface area contributed by atoms with E-state index in [1.807, 2.05) is 19.0 Å². The number of nitro benzene ring substituents is 1. The van der Waals surface area contributed by atoms with E-state index in [2.05, 4.69) is 4.98 Å². The fourth-order valence-corrected chi connectivity index (χ4v) is 4.25. The Bertz CT molecular complexity index is 1070. The molecule has 1 amide bonds. The second-order valence-corrected chi connectivity index (χ2v) is 8.52. The van der Waals surface area contributed by atoms with Gasteiger partial charge in [-0.15, -0.1) is 12.4 Å². The summed E-state index contributed by atoms with van der Waals surface area (Å²) in [5.41, 5.74) is 0.353. The first kappa shape index (κ1) is 24.3. The number of rotatable bonds is 7. The molecule has 0 aliphatic heterocycles. The highest BCUT2D eigenvalue weighted by Gasteiger charge is 2.28. The van der Waals surface area contributed by atoms with Crippen LogP contribution < -0.4 is 4.90 Å². The number of benzene rings is 2. The Balaban J connectivity index is 0.00000320. The summed E-state index contributed by atoms with van der Waals surface area (Å²) >= 11 is 13.4. The van der Waals surface area contributed by atoms with E-state index in [1.54, 1.807) is 18.2 Å². The van der Waals surface area contributed by atoms with Crippen LogP contribution in [0.2, 0.25) is 10.0 Å². The number of carbonyl (C=O) groups is 1. The van der Waals surface area contributed by atoms with Crippen LogP contribution in [0.4, 0.5) is 10.8 Å². The predicted molar refractivity (Wildman–Crippen MR) is 125 cm³/mol. The molecule has 0 radical (unpaired) electrons. The number of anilines is 1. The van der Waals surface area contributed by atoms with Gasteiger partial charge in [-0.2, -0.15) is 0 Å². The number of halogens is 3.